The minimum absolute atomic E-state index is 0.487. The predicted octanol–water partition coefficient (Wildman–Crippen LogP) is 0.945. The van der Waals surface area contributed by atoms with Gasteiger partial charge in [0.25, 0.3) is 0 Å². The molecule has 0 amide bonds. The van der Waals surface area contributed by atoms with Crippen LogP contribution in [0.25, 0.3) is 0 Å². The number of hydrogen-bond acceptors (Lipinski definition) is 1. The average molecular weight is 108 g/mol. The van der Waals surface area contributed by atoms with E-state index in [0.717, 1.165) is 5.57 Å². The standard InChI is InChI=1S/C7H8O/c1-6-2-4-7(8)5-3-6/h2-4,7-8H,1H3. The summed E-state index contributed by atoms with van der Waals surface area (Å²) in [5.74, 6) is 0. The van der Waals surface area contributed by atoms with Gasteiger partial charge in [-0.15, -0.1) is 0 Å². The van der Waals surface area contributed by atoms with Crippen LogP contribution in [-0.4, -0.2) is 11.2 Å². The zero-order valence-corrected chi connectivity index (χ0v) is 4.76. The summed E-state index contributed by atoms with van der Waals surface area (Å²) < 4.78 is 0. The normalized spacial score (nSPS) is 27.8. The van der Waals surface area contributed by atoms with Crippen molar-refractivity contribution in [3.05, 3.63) is 30.2 Å². The van der Waals surface area contributed by atoms with Crippen LogP contribution in [0.15, 0.2) is 23.8 Å². The first-order valence-electron chi connectivity index (χ1n) is 2.58. The monoisotopic (exact) mass is 108 g/mol. The van der Waals surface area contributed by atoms with Crippen molar-refractivity contribution in [3.8, 4) is 0 Å². The molecule has 0 aromatic carbocycles. The fourth-order valence-electron chi connectivity index (χ4n) is 0.563. The van der Waals surface area contributed by atoms with Crippen molar-refractivity contribution in [2.75, 3.05) is 0 Å². The van der Waals surface area contributed by atoms with E-state index in [1.165, 1.54) is 0 Å². The molecule has 0 fully saturated rings. The lowest BCUT2D eigenvalue weighted by atomic mass is 10.1. The van der Waals surface area contributed by atoms with E-state index in [2.05, 4.69) is 6.42 Å². The molecule has 1 unspecified atom stereocenters. The maximum Gasteiger partial charge on any atom is 0.0834 e. The van der Waals surface area contributed by atoms with Crippen LogP contribution in [0.4, 0.5) is 0 Å². The summed E-state index contributed by atoms with van der Waals surface area (Å²) >= 11 is 0. The highest BCUT2D eigenvalue weighted by molar-refractivity contribution is 5.27. The van der Waals surface area contributed by atoms with Gasteiger partial charge in [-0.2, -0.15) is 0 Å². The maximum absolute atomic E-state index is 8.78. The van der Waals surface area contributed by atoms with Crippen LogP contribution in [-0.2, 0) is 0 Å². The third-order valence-corrected chi connectivity index (χ3v) is 1.02. The molecule has 0 aromatic rings. The van der Waals surface area contributed by atoms with Crippen LogP contribution in [0.5, 0.6) is 0 Å². The molecule has 1 N–H and O–H groups in total. The number of hydrogen-bond donors (Lipinski definition) is 1. The van der Waals surface area contributed by atoms with E-state index in [4.69, 9.17) is 5.11 Å². The fourth-order valence-corrected chi connectivity index (χ4v) is 0.563. The summed E-state index contributed by atoms with van der Waals surface area (Å²) in [6.07, 6.45) is 7.61. The molecule has 1 atom stereocenters. The van der Waals surface area contributed by atoms with Crippen LogP contribution >= 0.6 is 0 Å². The third-order valence-electron chi connectivity index (χ3n) is 1.02. The van der Waals surface area contributed by atoms with Gasteiger partial charge in [0, 0.05) is 6.42 Å². The number of aliphatic hydroxyl groups is 1. The van der Waals surface area contributed by atoms with Crippen molar-refractivity contribution in [2.24, 2.45) is 0 Å². The highest BCUT2D eigenvalue weighted by Gasteiger charge is 2.00. The van der Waals surface area contributed by atoms with Crippen molar-refractivity contribution in [1.82, 2.24) is 0 Å². The second-order valence-corrected chi connectivity index (χ2v) is 1.86. The summed E-state index contributed by atoms with van der Waals surface area (Å²) in [5, 5.41) is 8.78. The second kappa shape index (κ2) is 2.14. The summed E-state index contributed by atoms with van der Waals surface area (Å²) in [4.78, 5) is 0. The Morgan fingerprint density at radius 1 is 1.75 bits per heavy atom. The Bertz CT molecular complexity index is 133. The number of rotatable bonds is 0. The van der Waals surface area contributed by atoms with Crippen LogP contribution in [0, 0.1) is 6.42 Å². The number of allylic oxidation sites excluding steroid dienone is 2. The van der Waals surface area contributed by atoms with E-state index < -0.39 is 6.10 Å². The Kier molecular flexibility index (Phi) is 1.49. The minimum atomic E-state index is -0.487. The van der Waals surface area contributed by atoms with Gasteiger partial charge in [0.05, 0.1) is 6.10 Å². The third kappa shape index (κ3) is 1.20. The average Bonchev–Trinajstić information content (AvgIpc) is 1.77. The van der Waals surface area contributed by atoms with E-state index in [-0.39, 0.29) is 0 Å². The highest BCUT2D eigenvalue weighted by atomic mass is 16.3. The van der Waals surface area contributed by atoms with Crippen LogP contribution in [0.1, 0.15) is 6.92 Å². The van der Waals surface area contributed by atoms with E-state index in [0.29, 0.717) is 0 Å². The molecule has 0 aromatic heterocycles. The molecule has 8 heavy (non-hydrogen) atoms. The topological polar surface area (TPSA) is 20.2 Å². The van der Waals surface area contributed by atoms with Crippen LogP contribution in [0.2, 0.25) is 0 Å². The molecular weight excluding hydrogens is 100 g/mol. The van der Waals surface area contributed by atoms with E-state index in [9.17, 15) is 0 Å². The van der Waals surface area contributed by atoms with Crippen molar-refractivity contribution < 1.29 is 5.11 Å². The van der Waals surface area contributed by atoms with Gasteiger partial charge < -0.3 is 5.11 Å². The minimum Gasteiger partial charge on any atom is -0.388 e. The Morgan fingerprint density at radius 3 is 2.88 bits per heavy atom. The molecule has 0 heterocycles. The Labute approximate surface area is 49.3 Å². The van der Waals surface area contributed by atoms with E-state index >= 15 is 0 Å². The molecule has 42 valence electrons. The highest BCUT2D eigenvalue weighted by Crippen LogP contribution is 2.07. The van der Waals surface area contributed by atoms with Crippen molar-refractivity contribution in [3.63, 3.8) is 0 Å². The SMILES string of the molecule is CC1=C[C]C(O)C=C1. The van der Waals surface area contributed by atoms with Crippen molar-refractivity contribution >= 4 is 0 Å². The molecule has 1 aliphatic rings. The lowest BCUT2D eigenvalue weighted by Crippen LogP contribution is -2.03. The first-order valence-corrected chi connectivity index (χ1v) is 2.58. The molecule has 0 saturated carbocycles. The molecule has 0 spiro atoms. The molecule has 2 radical (unpaired) electrons. The van der Waals surface area contributed by atoms with Crippen LogP contribution < -0.4 is 0 Å². The van der Waals surface area contributed by atoms with Gasteiger partial charge in [0.15, 0.2) is 0 Å². The molecule has 1 aliphatic carbocycles. The molecule has 1 rings (SSSR count). The lowest BCUT2D eigenvalue weighted by Gasteiger charge is -2.04. The predicted molar refractivity (Wildman–Crippen MR) is 32.1 cm³/mol. The summed E-state index contributed by atoms with van der Waals surface area (Å²) in [7, 11) is 0. The summed E-state index contributed by atoms with van der Waals surface area (Å²) in [6, 6.07) is 0. The van der Waals surface area contributed by atoms with Gasteiger partial charge in [0.1, 0.15) is 0 Å². The fraction of sp³-hybridized carbons (Fsp3) is 0.286. The van der Waals surface area contributed by atoms with Gasteiger partial charge >= 0.3 is 0 Å². The maximum atomic E-state index is 8.78. The van der Waals surface area contributed by atoms with Gasteiger partial charge in [0.2, 0.25) is 0 Å². The molecule has 1 nitrogen and oxygen atoms in total. The van der Waals surface area contributed by atoms with Gasteiger partial charge in [-0.25, -0.2) is 0 Å². The Balaban J connectivity index is 2.58. The van der Waals surface area contributed by atoms with Gasteiger partial charge in [-0.1, -0.05) is 23.8 Å². The van der Waals surface area contributed by atoms with Gasteiger partial charge in [-0.05, 0) is 6.92 Å². The Hall–Kier alpha value is -0.560. The molecule has 0 bridgehead atoms. The van der Waals surface area contributed by atoms with Gasteiger partial charge in [-0.3, -0.25) is 0 Å². The van der Waals surface area contributed by atoms with Crippen LogP contribution in [0.3, 0.4) is 0 Å². The zero-order valence-electron chi connectivity index (χ0n) is 4.76. The lowest BCUT2D eigenvalue weighted by molar-refractivity contribution is 0.259. The summed E-state index contributed by atoms with van der Waals surface area (Å²) in [6.45, 7) is 1.97. The number of aliphatic hydroxyl groups excluding tert-OH is 1. The second-order valence-electron chi connectivity index (χ2n) is 1.86. The Morgan fingerprint density at radius 2 is 2.50 bits per heavy atom. The first-order chi connectivity index (χ1) is 3.79. The smallest absolute Gasteiger partial charge is 0.0834 e. The van der Waals surface area contributed by atoms with E-state index in [1.54, 1.807) is 12.2 Å². The largest absolute Gasteiger partial charge is 0.388 e. The molecule has 0 aliphatic heterocycles. The van der Waals surface area contributed by atoms with Crippen molar-refractivity contribution in [1.29, 1.82) is 0 Å². The molecular formula is C7H8O. The zero-order chi connectivity index (χ0) is 5.98. The molecule has 0 saturated heterocycles. The van der Waals surface area contributed by atoms with Crippen molar-refractivity contribution in [2.45, 2.75) is 13.0 Å². The molecule has 1 heteroatoms. The first kappa shape index (κ1) is 5.57. The van der Waals surface area contributed by atoms with E-state index in [1.807, 2.05) is 13.0 Å². The summed E-state index contributed by atoms with van der Waals surface area (Å²) in [5.41, 5.74) is 1.13. The quantitative estimate of drug-likeness (QED) is 0.489.